The lowest BCUT2D eigenvalue weighted by Crippen LogP contribution is -1.99. The molecule has 1 rings (SSSR count). The van der Waals surface area contributed by atoms with Crippen molar-refractivity contribution in [2.24, 2.45) is 0 Å². The SMILES string of the molecule is O=C(Cl)[C]1[CH][CH][CH][CH]1. The van der Waals surface area contributed by atoms with E-state index in [4.69, 9.17) is 11.6 Å². The van der Waals surface area contributed by atoms with Crippen LogP contribution in [-0.2, 0) is 4.79 Å². The summed E-state index contributed by atoms with van der Waals surface area (Å²) in [6.45, 7) is 0. The third-order valence-corrected chi connectivity index (χ3v) is 1.11. The second-order valence-electron chi connectivity index (χ2n) is 1.45. The lowest BCUT2D eigenvalue weighted by atomic mass is 10.1. The predicted octanol–water partition coefficient (Wildman–Crippen LogP) is 1.16. The van der Waals surface area contributed by atoms with E-state index in [-0.39, 0.29) is 0 Å². The fourth-order valence-electron chi connectivity index (χ4n) is 0.505. The molecule has 0 saturated heterocycles. The van der Waals surface area contributed by atoms with E-state index in [0.29, 0.717) is 5.92 Å². The summed E-state index contributed by atoms with van der Waals surface area (Å²) in [6, 6.07) is 0. The van der Waals surface area contributed by atoms with Gasteiger partial charge in [0.2, 0.25) is 5.24 Å². The van der Waals surface area contributed by atoms with E-state index in [2.05, 4.69) is 0 Å². The molecule has 0 bridgehead atoms. The standard InChI is InChI=1S/C6H4ClO/c7-6(8)5-3-1-2-4-5/h1-4H. The Kier molecular flexibility index (Phi) is 1.90. The number of carbonyl (C=O) groups is 1. The lowest BCUT2D eigenvalue weighted by Gasteiger charge is -1.94. The van der Waals surface area contributed by atoms with E-state index in [9.17, 15) is 4.79 Å². The van der Waals surface area contributed by atoms with Crippen LogP contribution in [0.15, 0.2) is 0 Å². The molecule has 0 aromatic carbocycles. The molecule has 1 aliphatic rings. The highest BCUT2D eigenvalue weighted by molar-refractivity contribution is 6.67. The number of rotatable bonds is 1. The van der Waals surface area contributed by atoms with Crippen molar-refractivity contribution in [2.45, 2.75) is 0 Å². The number of hydrogen-bond acceptors (Lipinski definition) is 1. The predicted molar refractivity (Wildman–Crippen MR) is 31.3 cm³/mol. The Balaban J connectivity index is 2.35. The van der Waals surface area contributed by atoms with Crippen LogP contribution in [0.4, 0.5) is 0 Å². The molecular formula is C6H4ClO. The first-order valence-corrected chi connectivity index (χ1v) is 2.60. The van der Waals surface area contributed by atoms with Gasteiger partial charge in [-0.1, -0.05) is 0 Å². The number of carbonyl (C=O) groups excluding carboxylic acids is 1. The van der Waals surface area contributed by atoms with E-state index in [1.165, 1.54) is 0 Å². The normalized spacial score (nSPS) is 21.6. The summed E-state index contributed by atoms with van der Waals surface area (Å²) in [6.07, 6.45) is 6.90. The van der Waals surface area contributed by atoms with Gasteiger partial charge in [0, 0.05) is 0 Å². The topological polar surface area (TPSA) is 17.1 Å². The highest BCUT2D eigenvalue weighted by atomic mass is 35.5. The van der Waals surface area contributed by atoms with Crippen molar-refractivity contribution < 1.29 is 4.79 Å². The van der Waals surface area contributed by atoms with Gasteiger partial charge in [0.15, 0.2) is 0 Å². The molecule has 2 heteroatoms. The van der Waals surface area contributed by atoms with Gasteiger partial charge < -0.3 is 0 Å². The first kappa shape index (κ1) is 6.09. The molecule has 0 heterocycles. The van der Waals surface area contributed by atoms with E-state index >= 15 is 0 Å². The zero-order chi connectivity index (χ0) is 5.98. The maximum absolute atomic E-state index is 10.3. The van der Waals surface area contributed by atoms with Crippen LogP contribution >= 0.6 is 11.6 Å². The summed E-state index contributed by atoms with van der Waals surface area (Å²) >= 11 is 5.11. The quantitative estimate of drug-likeness (QED) is 0.483. The van der Waals surface area contributed by atoms with Crippen LogP contribution in [0.2, 0.25) is 0 Å². The Labute approximate surface area is 54.0 Å². The van der Waals surface area contributed by atoms with Gasteiger partial charge in [-0.2, -0.15) is 0 Å². The fraction of sp³-hybridized carbons (Fsp3) is 0. The molecule has 0 atom stereocenters. The minimum absolute atomic E-state index is 0.394. The van der Waals surface area contributed by atoms with Crippen molar-refractivity contribution in [1.29, 1.82) is 0 Å². The largest absolute Gasteiger partial charge is 0.281 e. The maximum Gasteiger partial charge on any atom is 0.229 e. The molecule has 0 aromatic rings. The van der Waals surface area contributed by atoms with Gasteiger partial charge in [0.05, 0.1) is 5.92 Å². The summed E-state index contributed by atoms with van der Waals surface area (Å²) in [5, 5.41) is -0.394. The summed E-state index contributed by atoms with van der Waals surface area (Å²) in [4.78, 5) is 10.3. The van der Waals surface area contributed by atoms with Gasteiger partial charge in [-0.05, 0) is 37.3 Å². The molecule has 5 radical (unpaired) electrons. The summed E-state index contributed by atoms with van der Waals surface area (Å²) < 4.78 is 0. The van der Waals surface area contributed by atoms with Crippen molar-refractivity contribution in [1.82, 2.24) is 0 Å². The number of hydrogen-bond donors (Lipinski definition) is 0. The van der Waals surface area contributed by atoms with Crippen molar-refractivity contribution in [3.63, 3.8) is 0 Å². The minimum Gasteiger partial charge on any atom is -0.281 e. The second-order valence-corrected chi connectivity index (χ2v) is 1.79. The Morgan fingerprint density at radius 3 is 2.12 bits per heavy atom. The summed E-state index contributed by atoms with van der Waals surface area (Å²) in [5.74, 6) is 0.562. The van der Waals surface area contributed by atoms with Gasteiger partial charge in [-0.15, -0.1) is 0 Å². The summed E-state index contributed by atoms with van der Waals surface area (Å²) in [7, 11) is 0. The van der Waals surface area contributed by atoms with Crippen LogP contribution in [0.25, 0.3) is 0 Å². The molecule has 0 N–H and O–H groups in total. The molecule has 0 amide bonds. The highest BCUT2D eigenvalue weighted by Gasteiger charge is 2.22. The molecular weight excluding hydrogens is 124 g/mol. The maximum atomic E-state index is 10.3. The van der Waals surface area contributed by atoms with Crippen LogP contribution in [0, 0.1) is 31.6 Å². The third kappa shape index (κ3) is 1.22. The first-order valence-electron chi connectivity index (χ1n) is 2.22. The van der Waals surface area contributed by atoms with Crippen molar-refractivity contribution >= 4 is 16.8 Å². The van der Waals surface area contributed by atoms with Crippen molar-refractivity contribution in [2.75, 3.05) is 0 Å². The van der Waals surface area contributed by atoms with E-state index in [1.54, 1.807) is 25.7 Å². The molecule has 8 heavy (non-hydrogen) atoms. The molecule has 1 fully saturated rings. The third-order valence-electron chi connectivity index (χ3n) is 0.890. The molecule has 0 aromatic heterocycles. The van der Waals surface area contributed by atoms with Gasteiger partial charge >= 0.3 is 0 Å². The molecule has 0 aliphatic heterocycles. The minimum atomic E-state index is -0.394. The molecule has 1 aliphatic carbocycles. The Morgan fingerprint density at radius 1 is 1.38 bits per heavy atom. The van der Waals surface area contributed by atoms with Gasteiger partial charge in [0.1, 0.15) is 0 Å². The fourth-order valence-corrected chi connectivity index (χ4v) is 0.631. The number of halogens is 1. The second kappa shape index (κ2) is 2.49. The van der Waals surface area contributed by atoms with Gasteiger partial charge in [-0.3, -0.25) is 4.79 Å². The first-order chi connectivity index (χ1) is 3.80. The monoisotopic (exact) mass is 127 g/mol. The summed E-state index contributed by atoms with van der Waals surface area (Å²) in [5.41, 5.74) is 0. The van der Waals surface area contributed by atoms with Crippen LogP contribution in [0.3, 0.4) is 0 Å². The Morgan fingerprint density at radius 2 is 1.88 bits per heavy atom. The van der Waals surface area contributed by atoms with Gasteiger partial charge in [-0.25, -0.2) is 0 Å². The van der Waals surface area contributed by atoms with Crippen LogP contribution in [-0.4, -0.2) is 5.24 Å². The molecule has 1 saturated carbocycles. The highest BCUT2D eigenvalue weighted by Crippen LogP contribution is 2.24. The molecule has 1 nitrogen and oxygen atoms in total. The average Bonchev–Trinajstić information content (AvgIpc) is 2.12. The van der Waals surface area contributed by atoms with Gasteiger partial charge in [0.25, 0.3) is 0 Å². The zero-order valence-electron chi connectivity index (χ0n) is 4.10. The van der Waals surface area contributed by atoms with E-state index < -0.39 is 5.24 Å². The molecule has 41 valence electrons. The molecule has 0 unspecified atom stereocenters. The lowest BCUT2D eigenvalue weighted by molar-refractivity contribution is -0.109. The van der Waals surface area contributed by atoms with Crippen LogP contribution in [0.1, 0.15) is 0 Å². The van der Waals surface area contributed by atoms with E-state index in [1.807, 2.05) is 0 Å². The Bertz CT molecular complexity index is 94.7. The average molecular weight is 128 g/mol. The van der Waals surface area contributed by atoms with Crippen LogP contribution < -0.4 is 0 Å². The smallest absolute Gasteiger partial charge is 0.229 e. The van der Waals surface area contributed by atoms with Crippen LogP contribution in [0.5, 0.6) is 0 Å². The Hall–Kier alpha value is -0.0400. The van der Waals surface area contributed by atoms with Crippen molar-refractivity contribution in [3.05, 3.63) is 31.6 Å². The van der Waals surface area contributed by atoms with Crippen molar-refractivity contribution in [3.8, 4) is 0 Å². The molecule has 0 spiro atoms. The zero-order valence-corrected chi connectivity index (χ0v) is 4.85. The van der Waals surface area contributed by atoms with E-state index in [0.717, 1.165) is 0 Å².